The summed E-state index contributed by atoms with van der Waals surface area (Å²) in [4.78, 5) is 10.3. The molecule has 0 aromatic rings. The molecule has 11 heavy (non-hydrogen) atoms. The summed E-state index contributed by atoms with van der Waals surface area (Å²) in [6.45, 7) is 0. The highest BCUT2D eigenvalue weighted by molar-refractivity contribution is 7.99. The molecule has 0 spiro atoms. The van der Waals surface area contributed by atoms with Gasteiger partial charge in [-0.3, -0.25) is 4.79 Å². The lowest BCUT2D eigenvalue weighted by atomic mass is 10.2. The van der Waals surface area contributed by atoms with Gasteiger partial charge < -0.3 is 5.11 Å². The average Bonchev–Trinajstić information content (AvgIpc) is 1.86. The number of aliphatic carboxylic acids is 1. The first kappa shape index (κ1) is 11.5. The SMILES string of the molecule is O=C(O)C(S)CCCC(S)S. The summed E-state index contributed by atoms with van der Waals surface area (Å²) >= 11 is 12.0. The van der Waals surface area contributed by atoms with Gasteiger partial charge in [0.05, 0.1) is 5.25 Å². The molecule has 1 N–H and O–H groups in total. The van der Waals surface area contributed by atoms with E-state index in [1.165, 1.54) is 0 Å². The minimum Gasteiger partial charge on any atom is -0.480 e. The van der Waals surface area contributed by atoms with Crippen molar-refractivity contribution in [2.75, 3.05) is 0 Å². The number of carboxylic acids is 1. The Labute approximate surface area is 83.0 Å². The van der Waals surface area contributed by atoms with E-state index in [1.54, 1.807) is 0 Å². The summed E-state index contributed by atoms with van der Waals surface area (Å²) in [6, 6.07) is 0. The van der Waals surface area contributed by atoms with E-state index in [2.05, 4.69) is 37.9 Å². The van der Waals surface area contributed by atoms with Gasteiger partial charge in [-0.2, -0.15) is 37.9 Å². The normalized spacial score (nSPS) is 13.5. The maximum Gasteiger partial charge on any atom is 0.316 e. The average molecular weight is 212 g/mol. The van der Waals surface area contributed by atoms with E-state index in [1.807, 2.05) is 0 Å². The largest absolute Gasteiger partial charge is 0.480 e. The van der Waals surface area contributed by atoms with E-state index in [0.29, 0.717) is 6.42 Å². The fourth-order valence-corrected chi connectivity index (χ4v) is 1.16. The van der Waals surface area contributed by atoms with Crippen LogP contribution in [0.2, 0.25) is 0 Å². The van der Waals surface area contributed by atoms with Gasteiger partial charge in [-0.05, 0) is 19.3 Å². The van der Waals surface area contributed by atoms with E-state index < -0.39 is 11.2 Å². The molecule has 0 aromatic heterocycles. The third-order valence-electron chi connectivity index (χ3n) is 1.22. The fraction of sp³-hybridized carbons (Fsp3) is 0.833. The minimum absolute atomic E-state index is 0.0457. The number of thiol groups is 3. The lowest BCUT2D eigenvalue weighted by molar-refractivity contribution is -0.136. The first-order valence-corrected chi connectivity index (χ1v) is 4.86. The highest BCUT2D eigenvalue weighted by atomic mass is 32.2. The summed E-state index contributed by atoms with van der Waals surface area (Å²) < 4.78 is 0.0457. The zero-order valence-corrected chi connectivity index (χ0v) is 8.66. The van der Waals surface area contributed by atoms with Gasteiger partial charge in [0.2, 0.25) is 0 Å². The molecule has 5 heteroatoms. The highest BCUT2D eigenvalue weighted by Crippen LogP contribution is 2.13. The van der Waals surface area contributed by atoms with Crippen LogP contribution in [0.1, 0.15) is 19.3 Å². The van der Waals surface area contributed by atoms with Crippen LogP contribution in [0.15, 0.2) is 0 Å². The third kappa shape index (κ3) is 6.90. The zero-order chi connectivity index (χ0) is 8.85. The van der Waals surface area contributed by atoms with Crippen molar-refractivity contribution in [3.63, 3.8) is 0 Å². The van der Waals surface area contributed by atoms with Crippen molar-refractivity contribution in [3.05, 3.63) is 0 Å². The smallest absolute Gasteiger partial charge is 0.316 e. The maximum absolute atomic E-state index is 10.3. The Kier molecular flexibility index (Phi) is 6.37. The lowest BCUT2D eigenvalue weighted by Gasteiger charge is -2.05. The Morgan fingerprint density at radius 2 is 1.82 bits per heavy atom. The fourth-order valence-electron chi connectivity index (χ4n) is 0.617. The van der Waals surface area contributed by atoms with Gasteiger partial charge in [0.1, 0.15) is 0 Å². The highest BCUT2D eigenvalue weighted by Gasteiger charge is 2.11. The van der Waals surface area contributed by atoms with Gasteiger partial charge in [-0.1, -0.05) is 0 Å². The van der Waals surface area contributed by atoms with Crippen LogP contribution < -0.4 is 0 Å². The Bertz CT molecular complexity index is 127. The second kappa shape index (κ2) is 6.08. The first-order valence-electron chi connectivity index (χ1n) is 3.31. The van der Waals surface area contributed by atoms with Crippen LogP contribution in [0.4, 0.5) is 0 Å². The molecule has 0 rings (SSSR count). The van der Waals surface area contributed by atoms with Gasteiger partial charge in [0.25, 0.3) is 0 Å². The molecule has 66 valence electrons. The molecule has 0 bridgehead atoms. The van der Waals surface area contributed by atoms with Crippen molar-refractivity contribution < 1.29 is 9.90 Å². The molecular formula is C6H12O2S3. The van der Waals surface area contributed by atoms with Crippen molar-refractivity contribution in [1.82, 2.24) is 0 Å². The Hall–Kier alpha value is 0.520. The second-order valence-electron chi connectivity index (χ2n) is 2.27. The van der Waals surface area contributed by atoms with Crippen LogP contribution in [-0.2, 0) is 4.79 Å². The topological polar surface area (TPSA) is 37.3 Å². The third-order valence-corrected chi connectivity index (χ3v) is 2.22. The maximum atomic E-state index is 10.3. The van der Waals surface area contributed by atoms with Gasteiger partial charge >= 0.3 is 5.97 Å². The standard InChI is InChI=1S/C6H12O2S3/c7-6(8)4(9)2-1-3-5(10)11/h4-5,9-11H,1-3H2,(H,7,8). The van der Waals surface area contributed by atoms with Crippen LogP contribution in [0.5, 0.6) is 0 Å². The lowest BCUT2D eigenvalue weighted by Crippen LogP contribution is -2.13. The molecule has 0 amide bonds. The molecule has 0 saturated carbocycles. The molecule has 0 aliphatic heterocycles. The number of carboxylic acid groups (broad SMARTS) is 1. The van der Waals surface area contributed by atoms with Crippen LogP contribution in [-0.4, -0.2) is 20.9 Å². The van der Waals surface area contributed by atoms with Gasteiger partial charge in [0, 0.05) is 4.58 Å². The summed E-state index contributed by atoms with van der Waals surface area (Å²) in [7, 11) is 0. The molecule has 0 radical (unpaired) electrons. The van der Waals surface area contributed by atoms with E-state index in [4.69, 9.17) is 5.11 Å². The molecule has 1 unspecified atom stereocenters. The van der Waals surface area contributed by atoms with Crippen LogP contribution in [0.25, 0.3) is 0 Å². The molecule has 0 fully saturated rings. The van der Waals surface area contributed by atoms with E-state index in [0.717, 1.165) is 12.8 Å². The quantitative estimate of drug-likeness (QED) is 0.414. The summed E-state index contributed by atoms with van der Waals surface area (Å²) in [6.07, 6.45) is 2.20. The van der Waals surface area contributed by atoms with Crippen LogP contribution in [0, 0.1) is 0 Å². The Morgan fingerprint density at radius 3 is 2.18 bits per heavy atom. The van der Waals surface area contributed by atoms with Gasteiger partial charge in [-0.25, -0.2) is 0 Å². The van der Waals surface area contributed by atoms with Crippen molar-refractivity contribution in [2.45, 2.75) is 29.1 Å². The molecule has 2 nitrogen and oxygen atoms in total. The van der Waals surface area contributed by atoms with Crippen molar-refractivity contribution in [2.24, 2.45) is 0 Å². The number of rotatable bonds is 5. The predicted octanol–water partition coefficient (Wildman–Crippen LogP) is 1.73. The van der Waals surface area contributed by atoms with Gasteiger partial charge in [0.15, 0.2) is 0 Å². The number of hydrogen-bond acceptors (Lipinski definition) is 4. The molecule has 0 aliphatic carbocycles. The predicted molar refractivity (Wildman–Crippen MR) is 56.0 cm³/mol. The molecule has 0 heterocycles. The zero-order valence-electron chi connectivity index (χ0n) is 5.97. The summed E-state index contributed by atoms with van der Waals surface area (Å²) in [5, 5.41) is 7.89. The van der Waals surface area contributed by atoms with Crippen molar-refractivity contribution >= 4 is 43.9 Å². The van der Waals surface area contributed by atoms with Crippen LogP contribution in [0.3, 0.4) is 0 Å². The van der Waals surface area contributed by atoms with E-state index in [-0.39, 0.29) is 4.58 Å². The Morgan fingerprint density at radius 1 is 1.27 bits per heavy atom. The van der Waals surface area contributed by atoms with Crippen LogP contribution >= 0.6 is 37.9 Å². The van der Waals surface area contributed by atoms with Crippen molar-refractivity contribution in [3.8, 4) is 0 Å². The first-order chi connectivity index (χ1) is 5.04. The summed E-state index contributed by atoms with van der Waals surface area (Å²) in [5.41, 5.74) is 0. The molecule has 0 saturated heterocycles. The Balaban J connectivity index is 3.31. The minimum atomic E-state index is -0.858. The monoisotopic (exact) mass is 212 g/mol. The number of hydrogen-bond donors (Lipinski definition) is 4. The van der Waals surface area contributed by atoms with E-state index >= 15 is 0 Å². The van der Waals surface area contributed by atoms with Gasteiger partial charge in [-0.15, -0.1) is 0 Å². The summed E-state index contributed by atoms with van der Waals surface area (Å²) in [5.74, 6) is -0.858. The molecule has 1 atom stereocenters. The van der Waals surface area contributed by atoms with Crippen molar-refractivity contribution in [1.29, 1.82) is 0 Å². The molecule has 0 aliphatic rings. The number of carbonyl (C=O) groups is 1. The molecular weight excluding hydrogens is 200 g/mol. The van der Waals surface area contributed by atoms with E-state index in [9.17, 15) is 4.79 Å². The second-order valence-corrected chi connectivity index (χ2v) is 4.54. The molecule has 0 aromatic carbocycles.